The van der Waals surface area contributed by atoms with Crippen molar-refractivity contribution in [2.24, 2.45) is 5.92 Å². The third kappa shape index (κ3) is 3.12. The summed E-state index contributed by atoms with van der Waals surface area (Å²) in [7, 11) is 0. The number of hydrogen-bond acceptors (Lipinski definition) is 3. The van der Waals surface area contributed by atoms with E-state index < -0.39 is 0 Å². The molecule has 2 saturated heterocycles. The molecule has 0 aliphatic carbocycles. The summed E-state index contributed by atoms with van der Waals surface area (Å²) in [6, 6.07) is 4.11. The molecular formula is C15H22O2S. The minimum atomic E-state index is 0.506. The van der Waals surface area contributed by atoms with Crippen molar-refractivity contribution in [3.8, 4) is 0 Å². The third-order valence-corrected chi connectivity index (χ3v) is 5.70. The Balaban J connectivity index is 1.62. The predicted octanol–water partition coefficient (Wildman–Crippen LogP) is 3.90. The van der Waals surface area contributed by atoms with Crippen LogP contribution in [0.3, 0.4) is 0 Å². The summed E-state index contributed by atoms with van der Waals surface area (Å²) in [5.41, 5.74) is 0. The number of ether oxygens (including phenoxy) is 1. The van der Waals surface area contributed by atoms with Crippen molar-refractivity contribution >= 4 is 11.8 Å². The van der Waals surface area contributed by atoms with Gasteiger partial charge in [0.2, 0.25) is 0 Å². The van der Waals surface area contributed by atoms with E-state index in [9.17, 15) is 0 Å². The fourth-order valence-electron chi connectivity index (χ4n) is 3.20. The molecule has 2 aliphatic heterocycles. The van der Waals surface area contributed by atoms with Gasteiger partial charge in [0.1, 0.15) is 5.76 Å². The van der Waals surface area contributed by atoms with Gasteiger partial charge in [-0.2, -0.15) is 11.8 Å². The lowest BCUT2D eigenvalue weighted by Crippen LogP contribution is -2.23. The van der Waals surface area contributed by atoms with Gasteiger partial charge in [-0.3, -0.25) is 0 Å². The Labute approximate surface area is 113 Å². The van der Waals surface area contributed by atoms with Crippen molar-refractivity contribution < 1.29 is 9.15 Å². The molecule has 2 nitrogen and oxygen atoms in total. The summed E-state index contributed by atoms with van der Waals surface area (Å²) >= 11 is 2.16. The monoisotopic (exact) mass is 266 g/mol. The Kier molecular flexibility index (Phi) is 4.32. The van der Waals surface area contributed by atoms with Crippen LogP contribution in [0.5, 0.6) is 0 Å². The first-order valence-electron chi connectivity index (χ1n) is 7.17. The lowest BCUT2D eigenvalue weighted by Gasteiger charge is -2.24. The number of hydrogen-bond donors (Lipinski definition) is 0. The minimum Gasteiger partial charge on any atom is -0.469 e. The quantitative estimate of drug-likeness (QED) is 0.807. The molecule has 18 heavy (non-hydrogen) atoms. The van der Waals surface area contributed by atoms with E-state index in [1.165, 1.54) is 37.9 Å². The zero-order valence-corrected chi connectivity index (χ0v) is 11.7. The lowest BCUT2D eigenvalue weighted by molar-refractivity contribution is 0.0881. The number of thioether (sulfide) groups is 1. The standard InChI is InChI=1S/C15H22O2S/c1-4-13(16-7-1)10-12(15-6-3-9-18-15)11-14-5-2-8-17-14/h1,4,7,12,14-15H,2-3,5-6,8-11H2. The molecule has 0 aromatic carbocycles. The molecule has 0 spiro atoms. The van der Waals surface area contributed by atoms with Crippen molar-refractivity contribution in [1.29, 1.82) is 0 Å². The van der Waals surface area contributed by atoms with Crippen LogP contribution in [-0.4, -0.2) is 23.7 Å². The van der Waals surface area contributed by atoms with E-state index in [4.69, 9.17) is 9.15 Å². The van der Waals surface area contributed by atoms with Crippen molar-refractivity contribution in [2.75, 3.05) is 12.4 Å². The van der Waals surface area contributed by atoms with Gasteiger partial charge in [0.25, 0.3) is 0 Å². The topological polar surface area (TPSA) is 22.4 Å². The highest BCUT2D eigenvalue weighted by Gasteiger charge is 2.30. The summed E-state index contributed by atoms with van der Waals surface area (Å²) in [6.07, 6.45) is 9.87. The average molecular weight is 266 g/mol. The van der Waals surface area contributed by atoms with E-state index in [0.29, 0.717) is 6.10 Å². The van der Waals surface area contributed by atoms with E-state index >= 15 is 0 Å². The van der Waals surface area contributed by atoms with Gasteiger partial charge in [0, 0.05) is 18.3 Å². The molecule has 0 N–H and O–H groups in total. The Morgan fingerprint density at radius 2 is 2.33 bits per heavy atom. The molecule has 2 fully saturated rings. The van der Waals surface area contributed by atoms with Crippen LogP contribution in [0.1, 0.15) is 37.9 Å². The zero-order chi connectivity index (χ0) is 12.2. The Bertz CT molecular complexity index is 337. The molecule has 0 amide bonds. The number of rotatable bonds is 5. The third-order valence-electron chi connectivity index (χ3n) is 4.12. The van der Waals surface area contributed by atoms with Gasteiger partial charge in [-0.15, -0.1) is 0 Å². The predicted molar refractivity (Wildman–Crippen MR) is 75.0 cm³/mol. The Morgan fingerprint density at radius 3 is 3.00 bits per heavy atom. The second-order valence-corrected chi connectivity index (χ2v) is 6.81. The summed E-state index contributed by atoms with van der Waals surface area (Å²) in [6.45, 7) is 0.968. The van der Waals surface area contributed by atoms with Crippen LogP contribution in [-0.2, 0) is 11.2 Å². The second-order valence-electron chi connectivity index (χ2n) is 5.47. The molecule has 3 unspecified atom stereocenters. The van der Waals surface area contributed by atoms with E-state index in [2.05, 4.69) is 17.8 Å². The molecule has 1 aromatic heterocycles. The average Bonchev–Trinajstić information content (AvgIpc) is 3.13. The summed E-state index contributed by atoms with van der Waals surface area (Å²) in [5, 5.41) is 0.819. The molecular weight excluding hydrogens is 244 g/mol. The minimum absolute atomic E-state index is 0.506. The maximum absolute atomic E-state index is 5.82. The first-order chi connectivity index (χ1) is 8.92. The first-order valence-corrected chi connectivity index (χ1v) is 8.22. The molecule has 3 heteroatoms. The molecule has 3 atom stereocenters. The maximum atomic E-state index is 5.82. The fourth-order valence-corrected chi connectivity index (χ4v) is 4.64. The van der Waals surface area contributed by atoms with Gasteiger partial charge in [0.15, 0.2) is 0 Å². The number of furan rings is 1. The van der Waals surface area contributed by atoms with Crippen LogP contribution < -0.4 is 0 Å². The Morgan fingerprint density at radius 1 is 1.33 bits per heavy atom. The van der Waals surface area contributed by atoms with Gasteiger partial charge in [-0.25, -0.2) is 0 Å². The SMILES string of the molecule is c1coc(CC(CC2CCCO2)C2CCCS2)c1. The van der Waals surface area contributed by atoms with Crippen LogP contribution >= 0.6 is 11.8 Å². The summed E-state index contributed by atoms with van der Waals surface area (Å²) in [5.74, 6) is 3.21. The van der Waals surface area contributed by atoms with Crippen LogP contribution in [0, 0.1) is 5.92 Å². The molecule has 0 radical (unpaired) electrons. The smallest absolute Gasteiger partial charge is 0.104 e. The van der Waals surface area contributed by atoms with E-state index in [1.807, 2.05) is 6.07 Å². The Hall–Kier alpha value is -0.410. The molecule has 100 valence electrons. The van der Waals surface area contributed by atoms with Crippen LogP contribution in [0.2, 0.25) is 0 Å². The molecule has 3 rings (SSSR count). The molecule has 0 saturated carbocycles. The van der Waals surface area contributed by atoms with Crippen molar-refractivity contribution in [1.82, 2.24) is 0 Å². The molecule has 1 aromatic rings. The second kappa shape index (κ2) is 6.16. The zero-order valence-electron chi connectivity index (χ0n) is 10.8. The molecule has 3 heterocycles. The normalized spacial score (nSPS) is 29.8. The largest absolute Gasteiger partial charge is 0.469 e. The van der Waals surface area contributed by atoms with Gasteiger partial charge in [-0.1, -0.05) is 0 Å². The van der Waals surface area contributed by atoms with Crippen molar-refractivity contribution in [3.63, 3.8) is 0 Å². The van der Waals surface area contributed by atoms with Crippen molar-refractivity contribution in [2.45, 2.75) is 49.9 Å². The van der Waals surface area contributed by atoms with E-state index in [0.717, 1.165) is 30.0 Å². The molecule has 0 bridgehead atoms. The highest BCUT2D eigenvalue weighted by Crippen LogP contribution is 2.37. The van der Waals surface area contributed by atoms with E-state index in [-0.39, 0.29) is 0 Å². The van der Waals surface area contributed by atoms with Gasteiger partial charge >= 0.3 is 0 Å². The van der Waals surface area contributed by atoms with Crippen LogP contribution in [0.4, 0.5) is 0 Å². The maximum Gasteiger partial charge on any atom is 0.104 e. The summed E-state index contributed by atoms with van der Waals surface area (Å²) in [4.78, 5) is 0. The van der Waals surface area contributed by atoms with E-state index in [1.54, 1.807) is 6.26 Å². The van der Waals surface area contributed by atoms with Crippen LogP contribution in [0.15, 0.2) is 22.8 Å². The van der Waals surface area contributed by atoms with Gasteiger partial charge in [-0.05, 0) is 55.9 Å². The van der Waals surface area contributed by atoms with Crippen LogP contribution in [0.25, 0.3) is 0 Å². The fraction of sp³-hybridized carbons (Fsp3) is 0.733. The lowest BCUT2D eigenvalue weighted by atomic mass is 9.90. The van der Waals surface area contributed by atoms with Gasteiger partial charge in [0.05, 0.1) is 12.4 Å². The summed E-state index contributed by atoms with van der Waals surface area (Å²) < 4.78 is 11.4. The molecule has 2 aliphatic rings. The first kappa shape index (κ1) is 12.6. The highest BCUT2D eigenvalue weighted by molar-refractivity contribution is 8.00. The highest BCUT2D eigenvalue weighted by atomic mass is 32.2. The van der Waals surface area contributed by atoms with Gasteiger partial charge < -0.3 is 9.15 Å². The van der Waals surface area contributed by atoms with Crippen molar-refractivity contribution in [3.05, 3.63) is 24.2 Å².